The van der Waals surface area contributed by atoms with Crippen LogP contribution in [-0.4, -0.2) is 35.9 Å². The summed E-state index contributed by atoms with van der Waals surface area (Å²) in [5.74, 6) is -0.412. The number of carboxylic acids is 1. The summed E-state index contributed by atoms with van der Waals surface area (Å²) in [5, 5.41) is 12.0. The van der Waals surface area contributed by atoms with Crippen LogP contribution in [0.3, 0.4) is 0 Å². The van der Waals surface area contributed by atoms with Gasteiger partial charge in [-0.1, -0.05) is 36.4 Å². The SMILES string of the molecule is COc1cccc(-c2ccccc2CC(NC(=O)OC(C)(C)C)C(=O)O)c1. The van der Waals surface area contributed by atoms with Crippen molar-refractivity contribution in [2.75, 3.05) is 7.11 Å². The highest BCUT2D eigenvalue weighted by Gasteiger charge is 2.25. The highest BCUT2D eigenvalue weighted by molar-refractivity contribution is 5.81. The fourth-order valence-electron chi connectivity index (χ4n) is 2.64. The summed E-state index contributed by atoms with van der Waals surface area (Å²) in [6.07, 6.45) is -0.629. The topological polar surface area (TPSA) is 84.9 Å². The van der Waals surface area contributed by atoms with Gasteiger partial charge in [-0.25, -0.2) is 9.59 Å². The van der Waals surface area contributed by atoms with E-state index in [2.05, 4.69) is 5.32 Å². The van der Waals surface area contributed by atoms with E-state index in [0.29, 0.717) is 5.75 Å². The molecule has 2 N–H and O–H groups in total. The van der Waals surface area contributed by atoms with Gasteiger partial charge in [0, 0.05) is 6.42 Å². The summed E-state index contributed by atoms with van der Waals surface area (Å²) >= 11 is 0. The first-order chi connectivity index (χ1) is 12.7. The maximum absolute atomic E-state index is 12.0. The van der Waals surface area contributed by atoms with E-state index >= 15 is 0 Å². The second-order valence-corrected chi connectivity index (χ2v) is 7.13. The van der Waals surface area contributed by atoms with Crippen LogP contribution in [0.15, 0.2) is 48.5 Å². The number of carbonyl (C=O) groups is 2. The van der Waals surface area contributed by atoms with Crippen LogP contribution < -0.4 is 10.1 Å². The predicted octanol–water partition coefficient (Wildman–Crippen LogP) is 3.88. The number of aliphatic carboxylic acids is 1. The van der Waals surface area contributed by atoms with Crippen molar-refractivity contribution in [1.82, 2.24) is 5.32 Å². The van der Waals surface area contributed by atoms with Gasteiger partial charge in [-0.15, -0.1) is 0 Å². The zero-order valence-corrected chi connectivity index (χ0v) is 16.0. The van der Waals surface area contributed by atoms with Crippen LogP contribution in [0, 0.1) is 0 Å². The van der Waals surface area contributed by atoms with Crippen molar-refractivity contribution in [3.05, 3.63) is 54.1 Å². The molecule has 6 heteroatoms. The zero-order valence-electron chi connectivity index (χ0n) is 16.0. The molecule has 0 aliphatic heterocycles. The van der Waals surface area contributed by atoms with Crippen LogP contribution in [-0.2, 0) is 16.0 Å². The minimum atomic E-state index is -1.12. The summed E-state index contributed by atoms with van der Waals surface area (Å²) in [7, 11) is 1.59. The van der Waals surface area contributed by atoms with Gasteiger partial charge >= 0.3 is 12.1 Å². The number of hydrogen-bond donors (Lipinski definition) is 2. The van der Waals surface area contributed by atoms with Gasteiger partial charge < -0.3 is 19.9 Å². The van der Waals surface area contributed by atoms with Gasteiger partial charge in [-0.3, -0.25) is 0 Å². The normalized spacial score (nSPS) is 12.1. The van der Waals surface area contributed by atoms with E-state index in [9.17, 15) is 14.7 Å². The Kier molecular flexibility index (Phi) is 6.45. The third kappa shape index (κ3) is 6.02. The van der Waals surface area contributed by atoms with Gasteiger partial charge in [0.25, 0.3) is 0 Å². The van der Waals surface area contributed by atoms with Gasteiger partial charge in [-0.2, -0.15) is 0 Å². The molecule has 0 aliphatic carbocycles. The average Bonchev–Trinajstić information content (AvgIpc) is 2.60. The van der Waals surface area contributed by atoms with Crippen LogP contribution in [0.1, 0.15) is 26.3 Å². The molecule has 1 amide bonds. The first-order valence-electron chi connectivity index (χ1n) is 8.64. The van der Waals surface area contributed by atoms with E-state index in [1.165, 1.54) is 0 Å². The number of alkyl carbamates (subject to hydrolysis) is 1. The second kappa shape index (κ2) is 8.58. The Labute approximate surface area is 159 Å². The fraction of sp³-hybridized carbons (Fsp3) is 0.333. The molecule has 27 heavy (non-hydrogen) atoms. The molecule has 2 aromatic rings. The van der Waals surface area contributed by atoms with Crippen LogP contribution >= 0.6 is 0 Å². The van der Waals surface area contributed by atoms with E-state index in [-0.39, 0.29) is 6.42 Å². The third-order valence-corrected chi connectivity index (χ3v) is 3.81. The summed E-state index contributed by atoms with van der Waals surface area (Å²) in [6.45, 7) is 5.17. The number of amides is 1. The van der Waals surface area contributed by atoms with Crippen molar-refractivity contribution in [3.8, 4) is 16.9 Å². The lowest BCUT2D eigenvalue weighted by molar-refractivity contribution is -0.139. The number of rotatable bonds is 6. The molecule has 144 valence electrons. The molecule has 6 nitrogen and oxygen atoms in total. The molecule has 2 rings (SSSR count). The minimum absolute atomic E-state index is 0.127. The van der Waals surface area contributed by atoms with Gasteiger partial charge in [-0.05, 0) is 49.6 Å². The second-order valence-electron chi connectivity index (χ2n) is 7.13. The Morgan fingerprint density at radius 1 is 1.11 bits per heavy atom. The van der Waals surface area contributed by atoms with Crippen LogP contribution in [0.2, 0.25) is 0 Å². The summed E-state index contributed by atoms with van der Waals surface area (Å²) in [4.78, 5) is 23.7. The van der Waals surface area contributed by atoms with Crippen LogP contribution in [0.4, 0.5) is 4.79 Å². The summed E-state index contributed by atoms with van der Waals surface area (Å²) in [6, 6.07) is 13.9. The largest absolute Gasteiger partial charge is 0.497 e. The summed E-state index contributed by atoms with van der Waals surface area (Å²) in [5.41, 5.74) is 1.89. The monoisotopic (exact) mass is 371 g/mol. The third-order valence-electron chi connectivity index (χ3n) is 3.81. The molecular weight excluding hydrogens is 346 g/mol. The molecule has 0 fully saturated rings. The molecule has 0 saturated carbocycles. The molecule has 1 unspecified atom stereocenters. The highest BCUT2D eigenvalue weighted by Crippen LogP contribution is 2.27. The Balaban J connectivity index is 2.26. The number of methoxy groups -OCH3 is 1. The van der Waals surface area contributed by atoms with E-state index in [4.69, 9.17) is 9.47 Å². The van der Waals surface area contributed by atoms with Crippen LogP contribution in [0.25, 0.3) is 11.1 Å². The maximum atomic E-state index is 12.0. The van der Waals surface area contributed by atoms with Gasteiger partial charge in [0.2, 0.25) is 0 Å². The van der Waals surface area contributed by atoms with E-state index < -0.39 is 23.7 Å². The molecule has 0 bridgehead atoms. The molecule has 0 spiro atoms. The molecule has 0 saturated heterocycles. The Morgan fingerprint density at radius 3 is 2.44 bits per heavy atom. The zero-order chi connectivity index (χ0) is 20.0. The van der Waals surface area contributed by atoms with Gasteiger partial charge in [0.05, 0.1) is 7.11 Å². The molecule has 0 radical (unpaired) electrons. The first kappa shape index (κ1) is 20.3. The number of hydrogen-bond acceptors (Lipinski definition) is 4. The molecule has 0 aromatic heterocycles. The molecule has 0 aliphatic rings. The van der Waals surface area contributed by atoms with Crippen molar-refractivity contribution in [1.29, 1.82) is 0 Å². The van der Waals surface area contributed by atoms with Gasteiger partial charge in [0.15, 0.2) is 0 Å². The predicted molar refractivity (Wildman–Crippen MR) is 103 cm³/mol. The lowest BCUT2D eigenvalue weighted by Crippen LogP contribution is -2.44. The smallest absolute Gasteiger partial charge is 0.408 e. The first-order valence-corrected chi connectivity index (χ1v) is 8.64. The quantitative estimate of drug-likeness (QED) is 0.805. The van der Waals surface area contributed by atoms with Gasteiger partial charge in [0.1, 0.15) is 17.4 Å². The van der Waals surface area contributed by atoms with Crippen molar-refractivity contribution < 1.29 is 24.2 Å². The summed E-state index contributed by atoms with van der Waals surface area (Å²) < 4.78 is 10.4. The van der Waals surface area contributed by atoms with Crippen molar-refractivity contribution >= 4 is 12.1 Å². The number of ether oxygens (including phenoxy) is 2. The van der Waals surface area contributed by atoms with E-state index in [0.717, 1.165) is 16.7 Å². The van der Waals surface area contributed by atoms with Crippen molar-refractivity contribution in [2.24, 2.45) is 0 Å². The molecule has 0 heterocycles. The number of benzene rings is 2. The molecular formula is C21H25NO5. The Hall–Kier alpha value is -3.02. The minimum Gasteiger partial charge on any atom is -0.497 e. The lowest BCUT2D eigenvalue weighted by Gasteiger charge is -2.22. The average molecular weight is 371 g/mol. The Morgan fingerprint density at radius 2 is 1.81 bits per heavy atom. The number of nitrogens with one attached hydrogen (secondary N) is 1. The lowest BCUT2D eigenvalue weighted by atomic mass is 9.95. The number of carboxylic acid groups (broad SMARTS) is 1. The fourth-order valence-corrected chi connectivity index (χ4v) is 2.64. The van der Waals surface area contributed by atoms with Crippen molar-refractivity contribution in [3.63, 3.8) is 0 Å². The van der Waals surface area contributed by atoms with E-state index in [1.54, 1.807) is 27.9 Å². The molecule has 1 atom stereocenters. The highest BCUT2D eigenvalue weighted by atomic mass is 16.6. The van der Waals surface area contributed by atoms with Crippen LogP contribution in [0.5, 0.6) is 5.75 Å². The maximum Gasteiger partial charge on any atom is 0.408 e. The van der Waals surface area contributed by atoms with E-state index in [1.807, 2.05) is 48.5 Å². The Bertz CT molecular complexity index is 810. The number of carbonyl (C=O) groups excluding carboxylic acids is 1. The van der Waals surface area contributed by atoms with Crippen molar-refractivity contribution in [2.45, 2.75) is 38.8 Å². The molecule has 2 aromatic carbocycles. The standard InChI is InChI=1S/C21H25NO5/c1-21(2,3)27-20(25)22-18(19(23)24)13-15-8-5-6-11-17(15)14-9-7-10-16(12-14)26-4/h5-12,18H,13H2,1-4H3,(H,22,25)(H,23,24).